The average Bonchev–Trinajstić information content (AvgIpc) is 2.31. The molecule has 1 aliphatic heterocycles. The molecule has 2 rings (SSSR count). The van der Waals surface area contributed by atoms with Gasteiger partial charge >= 0.3 is 0 Å². The van der Waals surface area contributed by atoms with Crippen molar-refractivity contribution < 1.29 is 0 Å². The summed E-state index contributed by atoms with van der Waals surface area (Å²) in [5, 5.41) is 0. The van der Waals surface area contributed by atoms with Crippen molar-refractivity contribution in [2.24, 2.45) is 5.73 Å². The number of nitrogens with two attached hydrogens (primary N) is 1. The highest BCUT2D eigenvalue weighted by Gasteiger charge is 2.22. The fourth-order valence-electron chi connectivity index (χ4n) is 2.60. The molecule has 0 aromatic carbocycles. The number of aryl methyl sites for hydroxylation is 1. The molecule has 16 heavy (non-hydrogen) atoms. The predicted octanol–water partition coefficient (Wildman–Crippen LogP) is 2.10. The van der Waals surface area contributed by atoms with E-state index in [4.69, 9.17) is 5.73 Å². The largest absolute Gasteiger partial charge is 0.368 e. The summed E-state index contributed by atoms with van der Waals surface area (Å²) in [4.78, 5) is 6.68. The molecule has 2 N–H and O–H groups in total. The summed E-state index contributed by atoms with van der Waals surface area (Å²) < 4.78 is 0. The molecule has 1 saturated heterocycles. The molecule has 2 heterocycles. The third-order valence-electron chi connectivity index (χ3n) is 3.43. The molecule has 1 unspecified atom stereocenters. The first kappa shape index (κ1) is 11.4. The van der Waals surface area contributed by atoms with Crippen LogP contribution in [0.25, 0.3) is 0 Å². The minimum Gasteiger partial charge on any atom is -0.368 e. The quantitative estimate of drug-likeness (QED) is 0.846. The third kappa shape index (κ3) is 2.35. The summed E-state index contributed by atoms with van der Waals surface area (Å²) in [7, 11) is 0. The lowest BCUT2D eigenvalue weighted by molar-refractivity contribution is 0.441. The molecule has 1 atom stereocenters. The van der Waals surface area contributed by atoms with Gasteiger partial charge < -0.3 is 10.6 Å². The van der Waals surface area contributed by atoms with Crippen molar-refractivity contribution in [3.05, 3.63) is 24.0 Å². The van der Waals surface area contributed by atoms with Crippen LogP contribution in [0.2, 0.25) is 0 Å². The van der Waals surface area contributed by atoms with Gasteiger partial charge in [-0.05, 0) is 50.8 Å². The fraction of sp³-hybridized carbons (Fsp3) is 0.615. The Morgan fingerprint density at radius 2 is 2.38 bits per heavy atom. The van der Waals surface area contributed by atoms with Gasteiger partial charge in [0.1, 0.15) is 0 Å². The maximum Gasteiger partial charge on any atom is 0.0429 e. The molecule has 0 saturated carbocycles. The molecule has 1 aromatic rings. The van der Waals surface area contributed by atoms with E-state index in [9.17, 15) is 0 Å². The monoisotopic (exact) mass is 219 g/mol. The highest BCUT2D eigenvalue weighted by molar-refractivity contribution is 5.52. The maximum atomic E-state index is 5.70. The van der Waals surface area contributed by atoms with Crippen molar-refractivity contribution in [3.8, 4) is 0 Å². The number of hydrogen-bond acceptors (Lipinski definition) is 3. The predicted molar refractivity (Wildman–Crippen MR) is 67.6 cm³/mol. The fourth-order valence-corrected chi connectivity index (χ4v) is 2.60. The van der Waals surface area contributed by atoms with E-state index in [1.807, 2.05) is 12.4 Å². The zero-order chi connectivity index (χ0) is 11.4. The van der Waals surface area contributed by atoms with Gasteiger partial charge in [-0.3, -0.25) is 4.98 Å². The SMILES string of the molecule is Cc1cnccc1N1CCCCC1CCN. The van der Waals surface area contributed by atoms with E-state index in [0.717, 1.165) is 19.5 Å². The van der Waals surface area contributed by atoms with Crippen molar-refractivity contribution in [1.82, 2.24) is 4.98 Å². The minimum atomic E-state index is 0.625. The van der Waals surface area contributed by atoms with Gasteiger partial charge in [0.15, 0.2) is 0 Å². The van der Waals surface area contributed by atoms with Gasteiger partial charge in [-0.25, -0.2) is 0 Å². The number of anilines is 1. The lowest BCUT2D eigenvalue weighted by atomic mass is 9.98. The molecule has 1 aromatic heterocycles. The molecular weight excluding hydrogens is 198 g/mol. The second kappa shape index (κ2) is 5.30. The Hall–Kier alpha value is -1.09. The summed E-state index contributed by atoms with van der Waals surface area (Å²) in [5.41, 5.74) is 8.31. The summed E-state index contributed by atoms with van der Waals surface area (Å²) in [5.74, 6) is 0. The van der Waals surface area contributed by atoms with E-state index >= 15 is 0 Å². The van der Waals surface area contributed by atoms with Gasteiger partial charge in [0, 0.05) is 30.7 Å². The lowest BCUT2D eigenvalue weighted by Gasteiger charge is -2.38. The van der Waals surface area contributed by atoms with Crippen molar-refractivity contribution in [1.29, 1.82) is 0 Å². The molecule has 0 radical (unpaired) electrons. The van der Waals surface area contributed by atoms with Crippen LogP contribution in [0.15, 0.2) is 18.5 Å². The van der Waals surface area contributed by atoms with Crippen molar-refractivity contribution in [3.63, 3.8) is 0 Å². The standard InChI is InChI=1S/C13H21N3/c1-11-10-15-8-6-13(11)16-9-3-2-4-12(16)5-7-14/h6,8,10,12H,2-5,7,9,14H2,1H3. The normalized spacial score (nSPS) is 21.1. The number of aromatic nitrogens is 1. The Morgan fingerprint density at radius 3 is 3.12 bits per heavy atom. The van der Waals surface area contributed by atoms with Gasteiger partial charge in [-0.2, -0.15) is 0 Å². The number of hydrogen-bond donors (Lipinski definition) is 1. The Labute approximate surface area is 97.7 Å². The highest BCUT2D eigenvalue weighted by Crippen LogP contribution is 2.28. The van der Waals surface area contributed by atoms with Crippen LogP contribution in [0.5, 0.6) is 0 Å². The maximum absolute atomic E-state index is 5.70. The van der Waals surface area contributed by atoms with Crippen LogP contribution in [-0.4, -0.2) is 24.1 Å². The van der Waals surface area contributed by atoms with Crippen molar-refractivity contribution in [2.45, 2.75) is 38.6 Å². The Morgan fingerprint density at radius 1 is 1.50 bits per heavy atom. The molecule has 88 valence electrons. The van der Waals surface area contributed by atoms with E-state index in [0.29, 0.717) is 6.04 Å². The lowest BCUT2D eigenvalue weighted by Crippen LogP contribution is -2.41. The van der Waals surface area contributed by atoms with Crippen LogP contribution in [0, 0.1) is 6.92 Å². The van der Waals surface area contributed by atoms with E-state index in [2.05, 4.69) is 22.9 Å². The molecule has 1 aliphatic rings. The van der Waals surface area contributed by atoms with Crippen LogP contribution >= 0.6 is 0 Å². The summed E-state index contributed by atoms with van der Waals surface area (Å²) >= 11 is 0. The topological polar surface area (TPSA) is 42.2 Å². The summed E-state index contributed by atoms with van der Waals surface area (Å²) in [6.07, 6.45) is 8.84. The van der Waals surface area contributed by atoms with Crippen molar-refractivity contribution >= 4 is 5.69 Å². The van der Waals surface area contributed by atoms with Gasteiger partial charge in [-0.15, -0.1) is 0 Å². The van der Waals surface area contributed by atoms with E-state index in [-0.39, 0.29) is 0 Å². The zero-order valence-electron chi connectivity index (χ0n) is 10.0. The Bertz CT molecular complexity index is 336. The Balaban J connectivity index is 2.19. The van der Waals surface area contributed by atoms with Crippen LogP contribution in [-0.2, 0) is 0 Å². The van der Waals surface area contributed by atoms with Crippen LogP contribution in [0.3, 0.4) is 0 Å². The van der Waals surface area contributed by atoms with E-state index in [1.54, 1.807) is 0 Å². The smallest absolute Gasteiger partial charge is 0.0429 e. The first-order chi connectivity index (χ1) is 7.83. The zero-order valence-corrected chi connectivity index (χ0v) is 10.0. The van der Waals surface area contributed by atoms with E-state index in [1.165, 1.54) is 30.5 Å². The van der Waals surface area contributed by atoms with Gasteiger partial charge in [0.05, 0.1) is 0 Å². The van der Waals surface area contributed by atoms with Gasteiger partial charge in [0.25, 0.3) is 0 Å². The summed E-state index contributed by atoms with van der Waals surface area (Å²) in [6, 6.07) is 2.75. The number of piperidine rings is 1. The second-order valence-electron chi connectivity index (χ2n) is 4.58. The molecule has 0 bridgehead atoms. The first-order valence-electron chi connectivity index (χ1n) is 6.20. The number of nitrogens with zero attached hydrogens (tertiary/aromatic N) is 2. The molecule has 0 spiro atoms. The highest BCUT2D eigenvalue weighted by atomic mass is 15.2. The van der Waals surface area contributed by atoms with Crippen molar-refractivity contribution in [2.75, 3.05) is 18.0 Å². The van der Waals surface area contributed by atoms with Crippen LogP contribution in [0.4, 0.5) is 5.69 Å². The molecule has 3 nitrogen and oxygen atoms in total. The van der Waals surface area contributed by atoms with E-state index < -0.39 is 0 Å². The Kier molecular flexibility index (Phi) is 3.78. The average molecular weight is 219 g/mol. The minimum absolute atomic E-state index is 0.625. The first-order valence-corrected chi connectivity index (χ1v) is 6.20. The molecular formula is C13H21N3. The molecule has 1 fully saturated rings. The van der Waals surface area contributed by atoms with Gasteiger partial charge in [0.2, 0.25) is 0 Å². The third-order valence-corrected chi connectivity index (χ3v) is 3.43. The molecule has 3 heteroatoms. The molecule has 0 aliphatic carbocycles. The van der Waals surface area contributed by atoms with Crippen LogP contribution < -0.4 is 10.6 Å². The molecule has 0 amide bonds. The second-order valence-corrected chi connectivity index (χ2v) is 4.58. The number of pyridine rings is 1. The number of rotatable bonds is 3. The summed E-state index contributed by atoms with van der Waals surface area (Å²) in [6.45, 7) is 4.08. The van der Waals surface area contributed by atoms with Gasteiger partial charge in [-0.1, -0.05) is 0 Å². The van der Waals surface area contributed by atoms with Crippen LogP contribution in [0.1, 0.15) is 31.2 Å².